The Morgan fingerprint density at radius 1 is 0.917 bits per heavy atom. The quantitative estimate of drug-likeness (QED) is 0.304. The lowest BCUT2D eigenvalue weighted by molar-refractivity contribution is -0.192. The summed E-state index contributed by atoms with van der Waals surface area (Å²) in [5.41, 5.74) is 5.42. The van der Waals surface area contributed by atoms with Crippen LogP contribution in [0.1, 0.15) is 13.8 Å². The lowest BCUT2D eigenvalue weighted by atomic mass is 10.1. The Morgan fingerprint density at radius 2 is 1.61 bits per heavy atom. The van der Waals surface area contributed by atoms with Crippen LogP contribution in [0.3, 0.4) is 0 Å². The number of pyridine rings is 2. The van der Waals surface area contributed by atoms with Crippen molar-refractivity contribution in [2.24, 2.45) is 0 Å². The number of halogens is 3. The van der Waals surface area contributed by atoms with E-state index in [4.69, 9.17) is 14.6 Å². The third-order valence-electron chi connectivity index (χ3n) is 5.25. The van der Waals surface area contributed by atoms with Crippen molar-refractivity contribution < 1.29 is 27.8 Å². The molecule has 0 saturated heterocycles. The van der Waals surface area contributed by atoms with Crippen LogP contribution in [0.15, 0.2) is 85.5 Å². The predicted molar refractivity (Wildman–Crippen MR) is 131 cm³/mol. The summed E-state index contributed by atoms with van der Waals surface area (Å²) >= 11 is 0. The van der Waals surface area contributed by atoms with Gasteiger partial charge in [0.05, 0.1) is 18.0 Å². The first kappa shape index (κ1) is 24.7. The summed E-state index contributed by atoms with van der Waals surface area (Å²) in [4.78, 5) is 17.7. The number of ether oxygens (including phenoxy) is 1. The first-order chi connectivity index (χ1) is 17.1. The van der Waals surface area contributed by atoms with Crippen LogP contribution < -0.4 is 4.74 Å². The first-order valence-corrected chi connectivity index (χ1v) is 11.0. The van der Waals surface area contributed by atoms with Crippen LogP contribution in [0.4, 0.5) is 13.2 Å². The van der Waals surface area contributed by atoms with Crippen molar-refractivity contribution in [2.75, 3.05) is 0 Å². The van der Waals surface area contributed by atoms with E-state index in [2.05, 4.69) is 63.0 Å². The molecule has 3 aromatic heterocycles. The minimum absolute atomic E-state index is 0.173. The second-order valence-electron chi connectivity index (χ2n) is 8.22. The van der Waals surface area contributed by atoms with Crippen LogP contribution in [-0.2, 0) is 4.79 Å². The number of rotatable bonds is 4. The molecule has 6 nitrogen and oxygen atoms in total. The maximum absolute atomic E-state index is 10.6. The second kappa shape index (κ2) is 10.1. The van der Waals surface area contributed by atoms with E-state index < -0.39 is 12.1 Å². The Kier molecular flexibility index (Phi) is 6.91. The normalized spacial score (nSPS) is 11.4. The molecule has 5 rings (SSSR count). The van der Waals surface area contributed by atoms with E-state index in [1.54, 1.807) is 0 Å². The Balaban J connectivity index is 0.000000384. The zero-order chi connectivity index (χ0) is 25.9. The van der Waals surface area contributed by atoms with Crippen molar-refractivity contribution in [3.8, 4) is 28.1 Å². The molecule has 0 saturated carbocycles. The van der Waals surface area contributed by atoms with Gasteiger partial charge in [-0.1, -0.05) is 24.3 Å². The van der Waals surface area contributed by atoms with Crippen molar-refractivity contribution in [1.82, 2.24) is 14.4 Å². The summed E-state index contributed by atoms with van der Waals surface area (Å²) in [6, 6.07) is 20.9. The third kappa shape index (κ3) is 5.63. The van der Waals surface area contributed by atoms with E-state index in [0.29, 0.717) is 0 Å². The van der Waals surface area contributed by atoms with Gasteiger partial charge in [0.15, 0.2) is 0 Å². The predicted octanol–water partition coefficient (Wildman–Crippen LogP) is 6.64. The lowest BCUT2D eigenvalue weighted by Crippen LogP contribution is -2.21. The summed E-state index contributed by atoms with van der Waals surface area (Å²) in [7, 11) is 0. The van der Waals surface area contributed by atoms with Crippen molar-refractivity contribution in [2.45, 2.75) is 26.1 Å². The molecule has 184 valence electrons. The fourth-order valence-corrected chi connectivity index (χ4v) is 3.61. The number of nitrogens with zero attached hydrogens (tertiary/aromatic N) is 3. The smallest absolute Gasteiger partial charge is 0.490 e. The van der Waals surface area contributed by atoms with Crippen LogP contribution >= 0.6 is 0 Å². The fraction of sp³-hybridized carbons (Fsp3) is 0.148. The van der Waals surface area contributed by atoms with Gasteiger partial charge in [-0.3, -0.25) is 9.38 Å². The highest BCUT2D eigenvalue weighted by Crippen LogP contribution is 2.28. The van der Waals surface area contributed by atoms with E-state index >= 15 is 0 Å². The average Bonchev–Trinajstić information content (AvgIpc) is 3.27. The molecule has 0 aliphatic rings. The Bertz CT molecular complexity index is 1510. The number of imidazole rings is 1. The number of hydrogen-bond acceptors (Lipinski definition) is 4. The molecule has 36 heavy (non-hydrogen) atoms. The van der Waals surface area contributed by atoms with Gasteiger partial charge in [0.25, 0.3) is 0 Å². The summed E-state index contributed by atoms with van der Waals surface area (Å²) in [5, 5.41) is 9.44. The van der Waals surface area contributed by atoms with E-state index in [0.717, 1.165) is 39.2 Å². The van der Waals surface area contributed by atoms with Crippen LogP contribution in [-0.4, -0.2) is 37.7 Å². The number of alkyl halides is 3. The van der Waals surface area contributed by atoms with E-state index in [-0.39, 0.29) is 6.10 Å². The lowest BCUT2D eigenvalue weighted by Gasteiger charge is -2.10. The van der Waals surface area contributed by atoms with Crippen LogP contribution in [0.25, 0.3) is 38.8 Å². The number of benzene rings is 2. The van der Waals surface area contributed by atoms with Gasteiger partial charge in [0.1, 0.15) is 11.4 Å². The molecule has 2 aromatic carbocycles. The standard InChI is InChI=1S/C25H21N3O.C2HF3O2/c1-17(2)29-23-7-5-18(6-8-23)20-10-12-28-24(16-27-25(28)14-20)21-3-4-22-15-26-11-9-19(22)13-21;3-2(4,5)1(6)7/h3-17H,1-2H3;(H,6,7). The number of aromatic nitrogens is 3. The SMILES string of the molecule is CC(C)Oc1ccc(-c2ccn3c(-c4ccc5cnccc5c4)cnc3c2)cc1.O=C(O)C(F)(F)F. The summed E-state index contributed by atoms with van der Waals surface area (Å²) in [5.74, 6) is -1.87. The molecule has 9 heteroatoms. The van der Waals surface area contributed by atoms with Crippen LogP contribution in [0, 0.1) is 0 Å². The first-order valence-electron chi connectivity index (χ1n) is 11.0. The molecule has 3 heterocycles. The second-order valence-corrected chi connectivity index (χ2v) is 8.22. The Labute approximate surface area is 204 Å². The minimum atomic E-state index is -5.08. The van der Waals surface area contributed by atoms with Gasteiger partial charge < -0.3 is 9.84 Å². The molecule has 5 aromatic rings. The van der Waals surface area contributed by atoms with Crippen molar-refractivity contribution in [3.05, 3.63) is 85.5 Å². The van der Waals surface area contributed by atoms with Gasteiger partial charge in [0, 0.05) is 29.5 Å². The van der Waals surface area contributed by atoms with Gasteiger partial charge in [-0.2, -0.15) is 13.2 Å². The van der Waals surface area contributed by atoms with Gasteiger partial charge in [0.2, 0.25) is 0 Å². The number of carboxylic acids is 1. The fourth-order valence-electron chi connectivity index (χ4n) is 3.61. The Morgan fingerprint density at radius 3 is 2.28 bits per heavy atom. The molecule has 0 spiro atoms. The van der Waals surface area contributed by atoms with Crippen molar-refractivity contribution in [3.63, 3.8) is 0 Å². The van der Waals surface area contributed by atoms with Gasteiger partial charge in [-0.25, -0.2) is 9.78 Å². The monoisotopic (exact) mass is 493 g/mol. The van der Waals surface area contributed by atoms with Gasteiger partial charge in [-0.15, -0.1) is 0 Å². The van der Waals surface area contributed by atoms with E-state index in [9.17, 15) is 13.2 Å². The zero-order valence-corrected chi connectivity index (χ0v) is 19.4. The number of aliphatic carboxylic acids is 1. The molecule has 0 radical (unpaired) electrons. The number of hydrogen-bond donors (Lipinski definition) is 1. The largest absolute Gasteiger partial charge is 0.491 e. The summed E-state index contributed by atoms with van der Waals surface area (Å²) in [6.07, 6.45) is 2.82. The average molecular weight is 493 g/mol. The molecule has 0 fully saturated rings. The molecule has 0 atom stereocenters. The van der Waals surface area contributed by atoms with E-state index in [1.165, 1.54) is 5.39 Å². The number of fused-ring (bicyclic) bond motifs is 2. The maximum atomic E-state index is 10.6. The molecule has 0 bridgehead atoms. The molecule has 1 N–H and O–H groups in total. The zero-order valence-electron chi connectivity index (χ0n) is 19.4. The molecule has 0 unspecified atom stereocenters. The highest BCUT2D eigenvalue weighted by molar-refractivity contribution is 5.86. The van der Waals surface area contributed by atoms with Crippen LogP contribution in [0.2, 0.25) is 0 Å². The van der Waals surface area contributed by atoms with Crippen molar-refractivity contribution >= 4 is 22.4 Å². The molecular weight excluding hydrogens is 471 g/mol. The van der Waals surface area contributed by atoms with Crippen molar-refractivity contribution in [1.29, 1.82) is 0 Å². The third-order valence-corrected chi connectivity index (χ3v) is 5.25. The highest BCUT2D eigenvalue weighted by atomic mass is 19.4. The number of carboxylic acid groups (broad SMARTS) is 1. The number of carbonyl (C=O) groups is 1. The molecule has 0 aliphatic carbocycles. The van der Waals surface area contributed by atoms with Gasteiger partial charge >= 0.3 is 12.1 Å². The Hall–Kier alpha value is -4.40. The molecule has 0 aliphatic heterocycles. The van der Waals surface area contributed by atoms with Gasteiger partial charge in [-0.05, 0) is 66.8 Å². The maximum Gasteiger partial charge on any atom is 0.490 e. The topological polar surface area (TPSA) is 76.7 Å². The summed E-state index contributed by atoms with van der Waals surface area (Å²) < 4.78 is 39.6. The molecular formula is C27H22F3N3O3. The summed E-state index contributed by atoms with van der Waals surface area (Å²) in [6.45, 7) is 4.06. The highest BCUT2D eigenvalue weighted by Gasteiger charge is 2.38. The molecule has 0 amide bonds. The van der Waals surface area contributed by atoms with E-state index in [1.807, 2.05) is 50.6 Å². The minimum Gasteiger partial charge on any atom is -0.491 e. The van der Waals surface area contributed by atoms with Crippen LogP contribution in [0.5, 0.6) is 5.75 Å².